The van der Waals surface area contributed by atoms with Crippen LogP contribution in [0.3, 0.4) is 0 Å². The minimum Gasteiger partial charge on any atom is -0.490 e. The molecule has 0 saturated carbocycles. The largest absolute Gasteiger partial charge is 0.490 e. The molecule has 84 valence electrons. The average Bonchev–Trinajstić information content (AvgIpc) is 2.24. The van der Waals surface area contributed by atoms with Gasteiger partial charge in [-0.15, -0.1) is 0 Å². The Morgan fingerprint density at radius 1 is 1.40 bits per heavy atom. The van der Waals surface area contributed by atoms with Crippen LogP contribution in [0.2, 0.25) is 0 Å². The predicted octanol–water partition coefficient (Wildman–Crippen LogP) is 2.94. The molecule has 0 radical (unpaired) electrons. The Morgan fingerprint density at radius 3 is 2.80 bits per heavy atom. The number of hydrogen-bond donors (Lipinski definition) is 0. The zero-order chi connectivity index (χ0) is 11.3. The summed E-state index contributed by atoms with van der Waals surface area (Å²) in [6.45, 7) is 4.14. The van der Waals surface area contributed by atoms with Gasteiger partial charge < -0.3 is 9.47 Å². The first-order valence-electron chi connectivity index (χ1n) is 5.06. The second-order valence-electron chi connectivity index (χ2n) is 3.57. The van der Waals surface area contributed by atoms with Crippen molar-refractivity contribution in [1.29, 1.82) is 0 Å². The zero-order valence-corrected chi connectivity index (χ0v) is 9.42. The van der Waals surface area contributed by atoms with Crippen molar-refractivity contribution in [3.05, 3.63) is 29.6 Å². The lowest BCUT2D eigenvalue weighted by Crippen LogP contribution is -2.11. The third-order valence-corrected chi connectivity index (χ3v) is 2.34. The minimum absolute atomic E-state index is 0.137. The van der Waals surface area contributed by atoms with Crippen LogP contribution in [-0.2, 0) is 4.74 Å². The number of ether oxygens (including phenoxy) is 2. The lowest BCUT2D eigenvalue weighted by molar-refractivity contribution is 0.0948. The maximum absolute atomic E-state index is 13.5. The molecule has 0 N–H and O–H groups in total. The van der Waals surface area contributed by atoms with E-state index < -0.39 is 0 Å². The summed E-state index contributed by atoms with van der Waals surface area (Å²) in [5, 5.41) is 0. The molecule has 0 aliphatic carbocycles. The molecule has 0 heterocycles. The third-order valence-electron chi connectivity index (χ3n) is 2.34. The van der Waals surface area contributed by atoms with E-state index in [1.54, 1.807) is 32.2 Å². The molecule has 0 fully saturated rings. The van der Waals surface area contributed by atoms with Gasteiger partial charge in [0.1, 0.15) is 0 Å². The van der Waals surface area contributed by atoms with Crippen LogP contribution in [-0.4, -0.2) is 19.8 Å². The fourth-order valence-electron chi connectivity index (χ4n) is 1.18. The van der Waals surface area contributed by atoms with Crippen LogP contribution in [0.15, 0.2) is 18.2 Å². The molecule has 0 unspecified atom stereocenters. The molecule has 15 heavy (non-hydrogen) atoms. The van der Waals surface area contributed by atoms with Gasteiger partial charge in [0, 0.05) is 13.5 Å². The minimum atomic E-state index is -0.275. The maximum atomic E-state index is 13.5. The first kappa shape index (κ1) is 12.0. The van der Waals surface area contributed by atoms with Gasteiger partial charge in [-0.3, -0.25) is 0 Å². The number of methoxy groups -OCH3 is 1. The highest BCUT2D eigenvalue weighted by atomic mass is 19.1. The summed E-state index contributed by atoms with van der Waals surface area (Å²) in [6, 6.07) is 5.15. The van der Waals surface area contributed by atoms with Crippen LogP contribution < -0.4 is 4.74 Å². The van der Waals surface area contributed by atoms with Crippen molar-refractivity contribution in [2.75, 3.05) is 13.7 Å². The summed E-state index contributed by atoms with van der Waals surface area (Å²) in [5.74, 6) is 0.0425. The van der Waals surface area contributed by atoms with Crippen LogP contribution >= 0.6 is 0 Å². The van der Waals surface area contributed by atoms with Crippen LogP contribution in [0.25, 0.3) is 0 Å². The van der Waals surface area contributed by atoms with E-state index in [4.69, 9.17) is 9.47 Å². The van der Waals surface area contributed by atoms with Crippen molar-refractivity contribution >= 4 is 0 Å². The van der Waals surface area contributed by atoms with Crippen LogP contribution in [0, 0.1) is 12.7 Å². The smallest absolute Gasteiger partial charge is 0.167 e. The first-order chi connectivity index (χ1) is 7.15. The molecule has 1 atom stereocenters. The summed E-state index contributed by atoms with van der Waals surface area (Å²) in [6.07, 6.45) is 0.891. The van der Waals surface area contributed by atoms with Gasteiger partial charge in [-0.2, -0.15) is 0 Å². The number of hydrogen-bond acceptors (Lipinski definition) is 2. The van der Waals surface area contributed by atoms with E-state index in [2.05, 4.69) is 0 Å². The Labute approximate surface area is 90.0 Å². The van der Waals surface area contributed by atoms with Crippen LogP contribution in [0.5, 0.6) is 5.75 Å². The number of rotatable bonds is 5. The molecule has 1 aromatic carbocycles. The fraction of sp³-hybridized carbons (Fsp3) is 0.500. The first-order valence-corrected chi connectivity index (χ1v) is 5.06. The van der Waals surface area contributed by atoms with E-state index >= 15 is 0 Å². The summed E-state index contributed by atoms with van der Waals surface area (Å²) in [4.78, 5) is 0. The third kappa shape index (κ3) is 3.51. The number of halogens is 1. The molecule has 0 amide bonds. The Balaban J connectivity index is 2.47. The molecule has 1 aromatic rings. The average molecular weight is 212 g/mol. The second-order valence-corrected chi connectivity index (χ2v) is 3.57. The van der Waals surface area contributed by atoms with Crippen molar-refractivity contribution in [2.45, 2.75) is 26.4 Å². The molecule has 0 aromatic heterocycles. The van der Waals surface area contributed by atoms with E-state index in [0.717, 1.165) is 6.42 Å². The number of benzene rings is 1. The molecular weight excluding hydrogens is 195 g/mol. The van der Waals surface area contributed by atoms with Crippen molar-refractivity contribution in [3.8, 4) is 5.75 Å². The summed E-state index contributed by atoms with van der Waals surface area (Å²) < 4.78 is 23.9. The van der Waals surface area contributed by atoms with Crippen molar-refractivity contribution < 1.29 is 13.9 Å². The van der Waals surface area contributed by atoms with Gasteiger partial charge in [0.05, 0.1) is 12.7 Å². The van der Waals surface area contributed by atoms with Crippen molar-refractivity contribution in [1.82, 2.24) is 0 Å². The molecule has 0 aliphatic rings. The van der Waals surface area contributed by atoms with E-state index in [9.17, 15) is 4.39 Å². The summed E-state index contributed by atoms with van der Waals surface area (Å²) in [5.41, 5.74) is 0.604. The SMILES string of the molecule is CO[C@@H](C)CCOc1cccc(C)c1F. The fourth-order valence-corrected chi connectivity index (χ4v) is 1.18. The standard InChI is InChI=1S/C12H17FO2/c1-9-5-4-6-11(12(9)13)15-8-7-10(2)14-3/h4-6,10H,7-8H2,1-3H3/t10-/m0/s1. The van der Waals surface area contributed by atoms with Gasteiger partial charge in [-0.05, 0) is 25.5 Å². The van der Waals surface area contributed by atoms with Crippen LogP contribution in [0.1, 0.15) is 18.9 Å². The Morgan fingerprint density at radius 2 is 2.13 bits per heavy atom. The van der Waals surface area contributed by atoms with Gasteiger partial charge >= 0.3 is 0 Å². The lowest BCUT2D eigenvalue weighted by Gasteiger charge is -2.11. The highest BCUT2D eigenvalue weighted by Crippen LogP contribution is 2.19. The maximum Gasteiger partial charge on any atom is 0.167 e. The Hall–Kier alpha value is -1.09. The zero-order valence-electron chi connectivity index (χ0n) is 9.42. The van der Waals surface area contributed by atoms with Crippen molar-refractivity contribution in [2.24, 2.45) is 0 Å². The molecule has 0 spiro atoms. The quantitative estimate of drug-likeness (QED) is 0.747. The Kier molecular flexibility index (Phi) is 4.56. The molecular formula is C12H17FO2. The monoisotopic (exact) mass is 212 g/mol. The molecule has 0 bridgehead atoms. The van der Waals surface area contributed by atoms with E-state index in [1.807, 2.05) is 6.92 Å². The number of aryl methyl sites for hydroxylation is 1. The lowest BCUT2D eigenvalue weighted by atomic mass is 10.2. The van der Waals surface area contributed by atoms with E-state index in [0.29, 0.717) is 17.9 Å². The normalized spacial score (nSPS) is 12.5. The predicted molar refractivity (Wildman–Crippen MR) is 57.7 cm³/mol. The van der Waals surface area contributed by atoms with Crippen LogP contribution in [0.4, 0.5) is 4.39 Å². The molecule has 0 saturated heterocycles. The topological polar surface area (TPSA) is 18.5 Å². The highest BCUT2D eigenvalue weighted by Gasteiger charge is 2.06. The Bertz CT molecular complexity index is 312. The molecule has 0 aliphatic heterocycles. The summed E-state index contributed by atoms with van der Waals surface area (Å²) in [7, 11) is 1.65. The summed E-state index contributed by atoms with van der Waals surface area (Å²) >= 11 is 0. The van der Waals surface area contributed by atoms with Gasteiger partial charge in [-0.25, -0.2) is 4.39 Å². The van der Waals surface area contributed by atoms with Gasteiger partial charge in [0.15, 0.2) is 11.6 Å². The molecule has 1 rings (SSSR count). The van der Waals surface area contributed by atoms with Gasteiger partial charge in [-0.1, -0.05) is 12.1 Å². The van der Waals surface area contributed by atoms with E-state index in [-0.39, 0.29) is 11.9 Å². The molecule has 3 heteroatoms. The second kappa shape index (κ2) is 5.71. The van der Waals surface area contributed by atoms with Crippen molar-refractivity contribution in [3.63, 3.8) is 0 Å². The highest BCUT2D eigenvalue weighted by molar-refractivity contribution is 5.29. The molecule has 2 nitrogen and oxygen atoms in total. The van der Waals surface area contributed by atoms with Gasteiger partial charge in [0.2, 0.25) is 0 Å². The van der Waals surface area contributed by atoms with Gasteiger partial charge in [0.25, 0.3) is 0 Å². The van der Waals surface area contributed by atoms with E-state index in [1.165, 1.54) is 0 Å².